The van der Waals surface area contributed by atoms with Crippen molar-refractivity contribution in [3.63, 3.8) is 0 Å². The van der Waals surface area contributed by atoms with Crippen LogP contribution in [0.5, 0.6) is 0 Å². The monoisotopic (exact) mass is 1650 g/mol. The fourth-order valence-electron chi connectivity index (χ4n) is 22.9. The summed E-state index contributed by atoms with van der Waals surface area (Å²) in [6, 6.07) is 3.20. The van der Waals surface area contributed by atoms with Gasteiger partial charge in [-0.2, -0.15) is 0 Å². The van der Waals surface area contributed by atoms with E-state index in [2.05, 4.69) is 67.5 Å². The zero-order chi connectivity index (χ0) is 85.3. The minimum Gasteiger partial charge on any atom is -0.275 e. The van der Waals surface area contributed by atoms with Gasteiger partial charge in [-0.3, -0.25) is 57.3 Å². The zero-order valence-corrected chi connectivity index (χ0v) is 78.1. The van der Waals surface area contributed by atoms with E-state index in [0.717, 1.165) is 182 Å². The molecule has 0 saturated heterocycles. The summed E-state index contributed by atoms with van der Waals surface area (Å²) in [5.41, 5.74) is -2.55. The summed E-state index contributed by atoms with van der Waals surface area (Å²) in [6.07, 6.45) is 92.1. The molecule has 4 aliphatic rings. The second-order valence-electron chi connectivity index (χ2n) is 39.5. The molecule has 2 fully saturated rings. The molecule has 0 bridgehead atoms. The average Bonchev–Trinajstić information content (AvgIpc) is 1.57. The van der Waals surface area contributed by atoms with Gasteiger partial charge in [-0.1, -0.05) is 394 Å². The van der Waals surface area contributed by atoms with Crippen LogP contribution in [0.3, 0.4) is 0 Å². The van der Waals surface area contributed by atoms with E-state index in [-0.39, 0.29) is 67.4 Å². The number of imide groups is 2. The number of nitrogens with zero attached hydrogens (tertiary/aromatic N) is 4. The maximum absolute atomic E-state index is 14.8. The van der Waals surface area contributed by atoms with E-state index in [1.54, 1.807) is 16.7 Å². The third-order valence-electron chi connectivity index (χ3n) is 30.1. The summed E-state index contributed by atoms with van der Waals surface area (Å²) in [6.45, 7) is 18.8. The third-order valence-corrected chi connectivity index (χ3v) is 30.1. The quantitative estimate of drug-likeness (QED) is 0.0308. The van der Waals surface area contributed by atoms with Crippen molar-refractivity contribution >= 4 is 45.2 Å². The van der Waals surface area contributed by atoms with Gasteiger partial charge < -0.3 is 0 Å². The van der Waals surface area contributed by atoms with E-state index in [0.29, 0.717) is 13.1 Å². The number of fused-ring (bicyclic) bond motifs is 2. The summed E-state index contributed by atoms with van der Waals surface area (Å²) in [5.74, 6) is 5.98. The fraction of sp³-hybridized carbons (Fsp3) is 0.813. The second kappa shape index (κ2) is 58.2. The number of benzene rings is 1. The van der Waals surface area contributed by atoms with Crippen LogP contribution in [0.1, 0.15) is 486 Å². The molecule has 1 aromatic carbocycles. The van der Waals surface area contributed by atoms with Crippen LogP contribution < -0.4 is 22.2 Å². The Morgan fingerprint density at radius 1 is 0.294 bits per heavy atom. The van der Waals surface area contributed by atoms with Gasteiger partial charge in [-0.05, 0) is 163 Å². The highest BCUT2D eigenvalue weighted by Gasteiger charge is 2.42. The zero-order valence-electron chi connectivity index (χ0n) is 78.1. The van der Waals surface area contributed by atoms with Gasteiger partial charge in [-0.15, -0.1) is 0 Å². The number of amides is 4. The lowest BCUT2D eigenvalue weighted by molar-refractivity contribution is -0.142. The Balaban J connectivity index is 0.910. The molecule has 0 radical (unpaired) electrons. The van der Waals surface area contributed by atoms with Crippen molar-refractivity contribution in [2.45, 2.75) is 503 Å². The van der Waals surface area contributed by atoms with E-state index in [9.17, 15) is 38.4 Å². The van der Waals surface area contributed by atoms with Crippen molar-refractivity contribution in [1.29, 1.82) is 0 Å². The van der Waals surface area contributed by atoms with Gasteiger partial charge >= 0.3 is 0 Å². The van der Waals surface area contributed by atoms with Crippen LogP contribution in [0.4, 0.5) is 0 Å². The van der Waals surface area contributed by atoms with Gasteiger partial charge in [0.25, 0.3) is 45.9 Å². The van der Waals surface area contributed by atoms with Crippen LogP contribution in [0, 0.1) is 47.3 Å². The number of carbonyl (C=O) groups excluding carboxylic acids is 4. The van der Waals surface area contributed by atoms with Crippen LogP contribution >= 0.6 is 0 Å². The molecule has 4 amide bonds. The van der Waals surface area contributed by atoms with Crippen molar-refractivity contribution in [3.8, 4) is 0 Å². The highest BCUT2D eigenvalue weighted by molar-refractivity contribution is 6.14. The van der Waals surface area contributed by atoms with Gasteiger partial charge in [-0.25, -0.2) is 0 Å². The Morgan fingerprint density at radius 2 is 0.563 bits per heavy atom. The Labute approximate surface area is 726 Å². The molecule has 119 heavy (non-hydrogen) atoms. The standard InChI is InChI=1S/C107H178N4O8/c1-9-15-21-27-39-52-66-90-86(62-48-24-18-12-4)71-73-89(92(90)68-54-41-31-35-46-60-82-108-98(112)74-75-99(108)113)65-51-38-30-34-45-59-81-107(8,80-57-43-23-17-11-3)111-104(118)96-84-94-95(85-97(96)105(111)119)103(117)109(102(94)116)83-61-47-36-32-42-55-69-93-88(72-70-87(63-49-25-19-13-5)91(93)67-53-40-28-22-16-10-2)64-50-37-29-33-44-58-79-106(7,78-56-26-20-14-6)110-100(114)76-77-101(110)115/h56,74-78,84-93H,9-55,57-73,79-83H2,1-8H3/b78-56-. The largest absolute Gasteiger partial charge is 0.275 e. The van der Waals surface area contributed by atoms with E-state index in [1.165, 1.54) is 334 Å². The highest BCUT2D eigenvalue weighted by Crippen LogP contribution is 2.50. The first kappa shape index (κ1) is 101. The van der Waals surface area contributed by atoms with Crippen LogP contribution in [0.2, 0.25) is 0 Å². The molecule has 3 aromatic rings. The first-order chi connectivity index (χ1) is 58.0. The van der Waals surface area contributed by atoms with Gasteiger partial charge in [0.2, 0.25) is 0 Å². The summed E-state index contributed by atoms with van der Waals surface area (Å²) in [5, 5.41) is 1.09. The first-order valence-electron chi connectivity index (χ1n) is 51.7. The molecular weight excluding hydrogens is 1470 g/mol. The second-order valence-corrected chi connectivity index (χ2v) is 39.5. The molecule has 12 heteroatoms. The van der Waals surface area contributed by atoms with E-state index in [4.69, 9.17) is 0 Å². The predicted molar refractivity (Wildman–Crippen MR) is 504 cm³/mol. The van der Waals surface area contributed by atoms with Gasteiger partial charge in [0, 0.05) is 42.9 Å². The molecule has 4 heterocycles. The third kappa shape index (κ3) is 33.5. The van der Waals surface area contributed by atoms with Crippen LogP contribution in [0.15, 0.2) is 67.8 Å². The molecule has 7 rings (SSSR count). The Bertz CT molecular complexity index is 3530. The predicted octanol–water partition coefficient (Wildman–Crippen LogP) is 29.0. The number of hydrogen-bond acceptors (Lipinski definition) is 8. The van der Waals surface area contributed by atoms with E-state index in [1.807, 2.05) is 0 Å². The topological polar surface area (TPSA) is 153 Å². The molecule has 0 spiro atoms. The number of carbonyl (C=O) groups is 4. The van der Waals surface area contributed by atoms with Gasteiger partial charge in [0.05, 0.1) is 27.1 Å². The molecular formula is C107H178N4O8. The van der Waals surface area contributed by atoms with E-state index >= 15 is 0 Å². The Hall–Kier alpha value is -5.00. The normalized spacial score (nSPS) is 20.8. The average molecular weight is 1650 g/mol. The number of rotatable bonds is 72. The van der Waals surface area contributed by atoms with Crippen molar-refractivity contribution in [2.24, 2.45) is 47.3 Å². The van der Waals surface area contributed by atoms with Crippen LogP contribution in [-0.4, -0.2) is 54.6 Å². The van der Waals surface area contributed by atoms with E-state index < -0.39 is 11.1 Å². The Morgan fingerprint density at radius 3 is 0.908 bits per heavy atom. The Kier molecular flexibility index (Phi) is 49.5. The molecule has 0 N–H and O–H groups in total. The highest BCUT2D eigenvalue weighted by atomic mass is 16.2. The maximum atomic E-state index is 14.8. The summed E-state index contributed by atoms with van der Waals surface area (Å²) >= 11 is 0. The number of hydrogen-bond donors (Lipinski definition) is 0. The van der Waals surface area contributed by atoms with Gasteiger partial charge in [0.15, 0.2) is 0 Å². The minimum atomic E-state index is -0.667. The van der Waals surface area contributed by atoms with Crippen LogP contribution in [-0.2, 0) is 31.3 Å². The lowest BCUT2D eigenvalue weighted by atomic mass is 9.61. The summed E-state index contributed by atoms with van der Waals surface area (Å²) in [7, 11) is 0. The number of allylic oxidation sites excluding steroid dienone is 1. The molecule has 2 aliphatic carbocycles. The van der Waals surface area contributed by atoms with Crippen LogP contribution in [0.25, 0.3) is 21.5 Å². The number of aromatic nitrogens is 2. The molecule has 10 atom stereocenters. The van der Waals surface area contributed by atoms with Crippen molar-refractivity contribution < 1.29 is 19.2 Å². The van der Waals surface area contributed by atoms with Crippen molar-refractivity contribution in [2.75, 3.05) is 6.54 Å². The smallest absolute Gasteiger partial charge is 0.262 e. The SMILES string of the molecule is CCCC/C=C\C(C)(CCCCCCCCC1CCC(CCCCCC)C(CCCCCCCC)C1CCCCCCCCn1c(=O)c2cc3c(=O)n(C(C)(CCCCCCC)CCCCCCCCC4CCC(CCCCCC)C(CCCCCCCC)C4CCCCCCCCN4C(=O)C=CC4=O)c(=O)c3cc2c1=O)N1C(=O)C=CC1=O. The summed E-state index contributed by atoms with van der Waals surface area (Å²) < 4.78 is 2.94. The lowest BCUT2D eigenvalue weighted by Gasteiger charge is -2.44. The molecule has 12 nitrogen and oxygen atoms in total. The van der Waals surface area contributed by atoms with Gasteiger partial charge in [0.1, 0.15) is 0 Å². The molecule has 2 aliphatic heterocycles. The maximum Gasteiger partial charge on any atom is 0.262 e. The molecule has 674 valence electrons. The molecule has 10 unspecified atom stereocenters. The molecule has 2 aromatic heterocycles. The van der Waals surface area contributed by atoms with Crippen molar-refractivity contribution in [1.82, 2.24) is 18.9 Å². The number of unbranched alkanes of at least 4 members (excludes halogenated alkanes) is 42. The summed E-state index contributed by atoms with van der Waals surface area (Å²) in [4.78, 5) is 111. The fourth-order valence-corrected chi connectivity index (χ4v) is 22.9. The molecule has 2 saturated carbocycles. The first-order valence-corrected chi connectivity index (χ1v) is 51.7. The van der Waals surface area contributed by atoms with Crippen molar-refractivity contribution in [3.05, 3.63) is 90.0 Å². The minimum absolute atomic E-state index is 0.165. The lowest BCUT2D eigenvalue weighted by Crippen LogP contribution is -2.48.